The lowest BCUT2D eigenvalue weighted by atomic mass is 10.1. The Hall–Kier alpha value is -3.07. The molecule has 0 aliphatic rings. The topological polar surface area (TPSA) is 107 Å². The molecule has 0 saturated heterocycles. The molecule has 1 aromatic heterocycles. The fourth-order valence-corrected chi connectivity index (χ4v) is 2.86. The Morgan fingerprint density at radius 1 is 1.13 bits per heavy atom. The first-order valence-electron chi connectivity index (χ1n) is 8.27. The number of amides is 1. The second kappa shape index (κ2) is 9.62. The zero-order valence-electron chi connectivity index (χ0n) is 15.0. The predicted molar refractivity (Wildman–Crippen MR) is 114 cm³/mol. The van der Waals surface area contributed by atoms with Crippen molar-refractivity contribution in [1.82, 2.24) is 5.43 Å². The molecule has 1 N–H and O–H groups in total. The summed E-state index contributed by atoms with van der Waals surface area (Å²) in [7, 11) is 0. The van der Waals surface area contributed by atoms with E-state index in [0.717, 1.165) is 0 Å². The van der Waals surface area contributed by atoms with Crippen molar-refractivity contribution >= 4 is 52.6 Å². The van der Waals surface area contributed by atoms with Crippen LogP contribution in [0.4, 0.5) is 5.69 Å². The molecule has 0 fully saturated rings. The van der Waals surface area contributed by atoms with Gasteiger partial charge in [0.05, 0.1) is 21.2 Å². The smallest absolute Gasteiger partial charge is 0.277 e. The summed E-state index contributed by atoms with van der Waals surface area (Å²) in [5, 5.41) is 15.7. The molecule has 0 aliphatic heterocycles. The van der Waals surface area contributed by atoms with Gasteiger partial charge < -0.3 is 9.15 Å². The highest BCUT2D eigenvalue weighted by atomic mass is 35.5. The number of carbonyl (C=O) groups is 1. The van der Waals surface area contributed by atoms with Gasteiger partial charge in [-0.2, -0.15) is 5.10 Å². The zero-order chi connectivity index (χ0) is 21.7. The van der Waals surface area contributed by atoms with Gasteiger partial charge in [0.2, 0.25) is 0 Å². The molecule has 30 heavy (non-hydrogen) atoms. The van der Waals surface area contributed by atoms with Gasteiger partial charge in [-0.05, 0) is 30.3 Å². The number of nitro groups is 1. The van der Waals surface area contributed by atoms with Gasteiger partial charge in [-0.15, -0.1) is 0 Å². The summed E-state index contributed by atoms with van der Waals surface area (Å²) in [6.45, 7) is -0.329. The lowest BCUT2D eigenvalue weighted by molar-refractivity contribution is -0.384. The Morgan fingerprint density at radius 2 is 1.90 bits per heavy atom. The number of hydrogen-bond donors (Lipinski definition) is 1. The average Bonchev–Trinajstić information content (AvgIpc) is 3.17. The van der Waals surface area contributed by atoms with Crippen LogP contribution in [0.15, 0.2) is 58.0 Å². The Morgan fingerprint density at radius 3 is 2.67 bits per heavy atom. The Balaban J connectivity index is 1.59. The number of carbonyl (C=O) groups excluding carboxylic acids is 1. The number of halogens is 3. The Bertz CT molecular complexity index is 1130. The monoisotopic (exact) mass is 467 g/mol. The summed E-state index contributed by atoms with van der Waals surface area (Å²) in [5.41, 5.74) is 2.52. The van der Waals surface area contributed by atoms with E-state index in [4.69, 9.17) is 44.0 Å². The first-order valence-corrected chi connectivity index (χ1v) is 9.41. The number of rotatable bonds is 7. The highest BCUT2D eigenvalue weighted by Gasteiger charge is 2.14. The number of nitrogens with zero attached hydrogens (tertiary/aromatic N) is 2. The van der Waals surface area contributed by atoms with E-state index in [2.05, 4.69) is 10.5 Å². The van der Waals surface area contributed by atoms with Crippen molar-refractivity contribution in [3.05, 3.63) is 79.5 Å². The van der Waals surface area contributed by atoms with E-state index in [1.165, 1.54) is 30.5 Å². The number of nitrogens with one attached hydrogen (secondary N) is 1. The largest absolute Gasteiger partial charge is 0.482 e. The van der Waals surface area contributed by atoms with Crippen molar-refractivity contribution in [2.24, 2.45) is 5.10 Å². The van der Waals surface area contributed by atoms with Crippen LogP contribution >= 0.6 is 34.8 Å². The summed E-state index contributed by atoms with van der Waals surface area (Å²) in [6.07, 6.45) is 1.26. The van der Waals surface area contributed by atoms with Crippen LogP contribution in [0.3, 0.4) is 0 Å². The second-order valence-electron chi connectivity index (χ2n) is 5.78. The van der Waals surface area contributed by atoms with Crippen LogP contribution in [0.5, 0.6) is 5.75 Å². The molecule has 2 aromatic carbocycles. The minimum absolute atomic E-state index is 0.118. The van der Waals surface area contributed by atoms with E-state index in [-0.39, 0.29) is 18.0 Å². The van der Waals surface area contributed by atoms with Crippen LogP contribution in [0, 0.1) is 10.1 Å². The van der Waals surface area contributed by atoms with Crippen molar-refractivity contribution in [1.29, 1.82) is 0 Å². The third-order valence-corrected chi connectivity index (χ3v) is 4.56. The molecule has 1 amide bonds. The molecule has 3 rings (SSSR count). The quantitative estimate of drug-likeness (QED) is 0.286. The lowest BCUT2D eigenvalue weighted by Crippen LogP contribution is -2.24. The van der Waals surface area contributed by atoms with E-state index >= 15 is 0 Å². The maximum absolute atomic E-state index is 11.8. The summed E-state index contributed by atoms with van der Waals surface area (Å²) in [6, 6.07) is 11.8. The molecule has 0 spiro atoms. The van der Waals surface area contributed by atoms with E-state index in [1.54, 1.807) is 24.3 Å². The van der Waals surface area contributed by atoms with Gasteiger partial charge in [0.1, 0.15) is 17.3 Å². The van der Waals surface area contributed by atoms with Crippen LogP contribution in [0.25, 0.3) is 11.3 Å². The normalized spacial score (nSPS) is 10.9. The highest BCUT2D eigenvalue weighted by Crippen LogP contribution is 2.32. The lowest BCUT2D eigenvalue weighted by Gasteiger charge is -2.07. The molecule has 0 unspecified atom stereocenters. The van der Waals surface area contributed by atoms with Gasteiger partial charge in [-0.3, -0.25) is 14.9 Å². The van der Waals surface area contributed by atoms with E-state index in [1.807, 2.05) is 0 Å². The van der Waals surface area contributed by atoms with Gasteiger partial charge in [0.25, 0.3) is 11.6 Å². The van der Waals surface area contributed by atoms with Gasteiger partial charge in [0.15, 0.2) is 6.61 Å². The fourth-order valence-electron chi connectivity index (χ4n) is 2.31. The molecule has 1 heterocycles. The molecule has 3 aromatic rings. The first-order chi connectivity index (χ1) is 14.3. The average molecular weight is 469 g/mol. The number of nitro benzene ring substituents is 1. The van der Waals surface area contributed by atoms with Gasteiger partial charge in [-0.1, -0.05) is 34.8 Å². The maximum Gasteiger partial charge on any atom is 0.277 e. The van der Waals surface area contributed by atoms with Crippen molar-refractivity contribution in [3.63, 3.8) is 0 Å². The standard InChI is InChI=1S/C19H12Cl3N3O5/c20-11-1-4-16(22)18(7-11)29-10-19(26)24-23-9-13-3-6-17(30-13)14-8-12(25(27)28)2-5-15(14)21/h1-9H,10H2,(H,24,26)/b23-9+. The summed E-state index contributed by atoms with van der Waals surface area (Å²) < 4.78 is 10.8. The molecule has 154 valence electrons. The third-order valence-electron chi connectivity index (χ3n) is 3.69. The Labute approximate surface area is 185 Å². The first kappa shape index (κ1) is 21.6. The summed E-state index contributed by atoms with van der Waals surface area (Å²) in [4.78, 5) is 22.2. The number of furan rings is 1. The minimum atomic E-state index is -0.532. The number of hydrogen-bond acceptors (Lipinski definition) is 6. The minimum Gasteiger partial charge on any atom is -0.482 e. The van der Waals surface area contributed by atoms with Gasteiger partial charge in [0, 0.05) is 28.8 Å². The summed E-state index contributed by atoms with van der Waals surface area (Å²) in [5.74, 6) is 0.352. The SMILES string of the molecule is O=C(COc1cc(Cl)ccc1Cl)N/N=C/c1ccc(-c2cc([N+](=O)[O-])ccc2Cl)o1. The number of benzene rings is 2. The molecule has 8 nitrogen and oxygen atoms in total. The van der Waals surface area contributed by atoms with Crippen molar-refractivity contribution in [3.8, 4) is 17.1 Å². The summed E-state index contributed by atoms with van der Waals surface area (Å²) >= 11 is 17.9. The zero-order valence-corrected chi connectivity index (χ0v) is 17.2. The van der Waals surface area contributed by atoms with Crippen molar-refractivity contribution < 1.29 is 18.9 Å². The number of hydrazone groups is 1. The Kier molecular flexibility index (Phi) is 6.94. The molecule has 0 radical (unpaired) electrons. The van der Waals surface area contributed by atoms with Crippen molar-refractivity contribution in [2.45, 2.75) is 0 Å². The van der Waals surface area contributed by atoms with Crippen LogP contribution in [-0.2, 0) is 4.79 Å². The van der Waals surface area contributed by atoms with Crippen LogP contribution in [0.1, 0.15) is 5.76 Å². The van der Waals surface area contributed by atoms with Crippen LogP contribution < -0.4 is 10.2 Å². The molecular formula is C19H12Cl3N3O5. The molecule has 0 atom stereocenters. The van der Waals surface area contributed by atoms with Crippen molar-refractivity contribution in [2.75, 3.05) is 6.61 Å². The highest BCUT2D eigenvalue weighted by molar-refractivity contribution is 6.34. The number of non-ortho nitro benzene ring substituents is 1. The number of ether oxygens (including phenoxy) is 1. The van der Waals surface area contributed by atoms with Gasteiger partial charge >= 0.3 is 0 Å². The molecule has 0 bridgehead atoms. The second-order valence-corrected chi connectivity index (χ2v) is 7.03. The molecule has 0 aliphatic carbocycles. The molecule has 0 saturated carbocycles. The van der Waals surface area contributed by atoms with Gasteiger partial charge in [-0.25, -0.2) is 5.43 Å². The van der Waals surface area contributed by atoms with Crippen LogP contribution in [0.2, 0.25) is 15.1 Å². The third kappa shape index (κ3) is 5.50. The van der Waals surface area contributed by atoms with E-state index in [0.29, 0.717) is 32.2 Å². The van der Waals surface area contributed by atoms with E-state index < -0.39 is 10.8 Å². The molecule has 11 heteroatoms. The predicted octanol–water partition coefficient (Wildman–Crippen LogP) is 5.34. The van der Waals surface area contributed by atoms with E-state index in [9.17, 15) is 14.9 Å². The molecular weight excluding hydrogens is 457 g/mol. The fraction of sp³-hybridized carbons (Fsp3) is 0.0526. The van der Waals surface area contributed by atoms with Crippen LogP contribution in [-0.4, -0.2) is 23.7 Å². The maximum atomic E-state index is 11.8.